The Balaban J connectivity index is -0.000000637. The third-order valence-corrected chi connectivity index (χ3v) is 4.09. The van der Waals surface area contributed by atoms with Gasteiger partial charge in [-0.3, -0.25) is 0 Å². The summed E-state index contributed by atoms with van der Waals surface area (Å²) in [4.78, 5) is 11.4. The standard InChI is InChI=1S/C16H35N.C2H4O.C2H6/c1-7-10-11-16(9-3)17(6)13-15(5)12-14(4)8-2;1-2-3;1-2/h14-16H,7-13H2,1-6H3;2H,1H3;1-2H3. The van der Waals surface area contributed by atoms with E-state index < -0.39 is 0 Å². The molecule has 0 N–H and O–H groups in total. The highest BCUT2D eigenvalue weighted by Crippen LogP contribution is 2.18. The zero-order valence-electron chi connectivity index (χ0n) is 17.1. The monoisotopic (exact) mass is 315 g/mol. The summed E-state index contributed by atoms with van der Waals surface area (Å²) in [6.07, 6.45) is 8.83. The Labute approximate surface area is 142 Å². The van der Waals surface area contributed by atoms with E-state index >= 15 is 0 Å². The second-order valence-corrected chi connectivity index (χ2v) is 6.23. The van der Waals surface area contributed by atoms with Crippen LogP contribution < -0.4 is 0 Å². The molecule has 0 aliphatic rings. The Hall–Kier alpha value is -0.370. The van der Waals surface area contributed by atoms with E-state index in [0.717, 1.165) is 24.2 Å². The Morgan fingerprint density at radius 3 is 1.86 bits per heavy atom. The lowest BCUT2D eigenvalue weighted by atomic mass is 9.94. The van der Waals surface area contributed by atoms with E-state index in [-0.39, 0.29) is 0 Å². The number of hydrogen-bond acceptors (Lipinski definition) is 2. The molecule has 0 saturated carbocycles. The van der Waals surface area contributed by atoms with E-state index in [9.17, 15) is 0 Å². The maximum Gasteiger partial charge on any atom is 0.116 e. The molecular formula is C20H45NO. The summed E-state index contributed by atoms with van der Waals surface area (Å²) in [5.74, 6) is 1.72. The van der Waals surface area contributed by atoms with Crippen LogP contribution in [-0.2, 0) is 4.79 Å². The van der Waals surface area contributed by atoms with Gasteiger partial charge < -0.3 is 9.69 Å². The van der Waals surface area contributed by atoms with Crippen molar-refractivity contribution in [1.82, 2.24) is 4.90 Å². The topological polar surface area (TPSA) is 20.3 Å². The molecule has 0 aliphatic heterocycles. The van der Waals surface area contributed by atoms with Crippen molar-refractivity contribution in [2.45, 2.75) is 100.0 Å². The lowest BCUT2D eigenvalue weighted by Crippen LogP contribution is -2.35. The molecule has 2 nitrogen and oxygen atoms in total. The van der Waals surface area contributed by atoms with Gasteiger partial charge in [0.15, 0.2) is 0 Å². The second-order valence-electron chi connectivity index (χ2n) is 6.23. The summed E-state index contributed by atoms with van der Waals surface area (Å²) in [6, 6.07) is 0.800. The number of aldehydes is 1. The SMILES string of the molecule is CC.CC=O.CCCCC(CC)N(C)CC(C)CC(C)CC. The van der Waals surface area contributed by atoms with Gasteiger partial charge >= 0.3 is 0 Å². The normalized spacial score (nSPS) is 14.1. The van der Waals surface area contributed by atoms with Crippen LogP contribution in [-0.4, -0.2) is 30.8 Å². The Morgan fingerprint density at radius 1 is 1.00 bits per heavy atom. The van der Waals surface area contributed by atoms with Crippen LogP contribution in [0.2, 0.25) is 0 Å². The molecule has 0 aromatic rings. The number of hydrogen-bond donors (Lipinski definition) is 0. The van der Waals surface area contributed by atoms with Crippen molar-refractivity contribution < 1.29 is 4.79 Å². The molecule has 136 valence electrons. The number of carbonyl (C=O) groups excluding carboxylic acids is 1. The van der Waals surface area contributed by atoms with Gasteiger partial charge in [-0.05, 0) is 45.1 Å². The molecule has 0 fully saturated rings. The fraction of sp³-hybridized carbons (Fsp3) is 0.950. The fourth-order valence-electron chi connectivity index (χ4n) is 2.74. The van der Waals surface area contributed by atoms with Crippen molar-refractivity contribution in [3.8, 4) is 0 Å². The minimum absolute atomic E-state index is 0.750. The van der Waals surface area contributed by atoms with Crippen LogP contribution in [0.4, 0.5) is 0 Å². The number of unbranched alkanes of at least 4 members (excludes halogenated alkanes) is 1. The Bertz CT molecular complexity index is 206. The third kappa shape index (κ3) is 17.7. The quantitative estimate of drug-likeness (QED) is 0.448. The molecule has 0 bridgehead atoms. The first-order valence-corrected chi connectivity index (χ1v) is 9.56. The minimum Gasteiger partial charge on any atom is -0.304 e. The third-order valence-electron chi connectivity index (χ3n) is 4.09. The zero-order valence-corrected chi connectivity index (χ0v) is 17.1. The molecule has 0 aliphatic carbocycles. The molecular weight excluding hydrogens is 270 g/mol. The lowest BCUT2D eigenvalue weighted by molar-refractivity contribution is -0.106. The van der Waals surface area contributed by atoms with Gasteiger partial charge in [-0.25, -0.2) is 0 Å². The molecule has 0 saturated heterocycles. The van der Waals surface area contributed by atoms with Crippen molar-refractivity contribution in [3.05, 3.63) is 0 Å². The van der Waals surface area contributed by atoms with Crippen LogP contribution in [0.25, 0.3) is 0 Å². The smallest absolute Gasteiger partial charge is 0.116 e. The van der Waals surface area contributed by atoms with Crippen molar-refractivity contribution in [2.75, 3.05) is 13.6 Å². The summed E-state index contributed by atoms with van der Waals surface area (Å²) in [5.41, 5.74) is 0. The average Bonchev–Trinajstić information content (AvgIpc) is 2.50. The largest absolute Gasteiger partial charge is 0.304 e. The highest BCUT2D eigenvalue weighted by molar-refractivity contribution is 5.44. The predicted molar refractivity (Wildman–Crippen MR) is 103 cm³/mol. The second kappa shape index (κ2) is 20.6. The van der Waals surface area contributed by atoms with Crippen LogP contribution in [0.5, 0.6) is 0 Å². The van der Waals surface area contributed by atoms with E-state index in [1.54, 1.807) is 0 Å². The van der Waals surface area contributed by atoms with Gasteiger partial charge in [0.2, 0.25) is 0 Å². The van der Waals surface area contributed by atoms with Crippen LogP contribution in [0.15, 0.2) is 0 Å². The molecule has 0 heterocycles. The Kier molecular flexibility index (Phi) is 24.9. The summed E-state index contributed by atoms with van der Waals surface area (Å²) < 4.78 is 0. The number of rotatable bonds is 10. The van der Waals surface area contributed by atoms with Crippen molar-refractivity contribution >= 4 is 6.29 Å². The molecule has 0 spiro atoms. The van der Waals surface area contributed by atoms with Gasteiger partial charge in [-0.1, -0.05) is 67.7 Å². The first kappa shape index (κ1) is 26.5. The van der Waals surface area contributed by atoms with Gasteiger partial charge in [0.05, 0.1) is 0 Å². The Morgan fingerprint density at radius 2 is 1.50 bits per heavy atom. The maximum absolute atomic E-state index is 8.81. The van der Waals surface area contributed by atoms with Crippen LogP contribution in [0.3, 0.4) is 0 Å². The highest BCUT2D eigenvalue weighted by atomic mass is 16.1. The van der Waals surface area contributed by atoms with Crippen LogP contribution >= 0.6 is 0 Å². The molecule has 2 heteroatoms. The van der Waals surface area contributed by atoms with Gasteiger partial charge in [-0.2, -0.15) is 0 Å². The summed E-state index contributed by atoms with van der Waals surface area (Å²) in [5, 5.41) is 0. The molecule has 0 aromatic heterocycles. The highest BCUT2D eigenvalue weighted by Gasteiger charge is 2.15. The molecule has 0 aromatic carbocycles. The molecule has 0 amide bonds. The minimum atomic E-state index is 0.750. The number of carbonyl (C=O) groups is 1. The van der Waals surface area contributed by atoms with E-state index in [2.05, 4.69) is 46.6 Å². The maximum atomic E-state index is 8.81. The summed E-state index contributed by atoms with van der Waals surface area (Å²) in [6.45, 7) is 18.4. The van der Waals surface area contributed by atoms with Crippen LogP contribution in [0, 0.1) is 11.8 Å². The predicted octanol–water partition coefficient (Wildman–Crippen LogP) is 6.19. The van der Waals surface area contributed by atoms with E-state index in [0.29, 0.717) is 0 Å². The van der Waals surface area contributed by atoms with Crippen molar-refractivity contribution in [3.63, 3.8) is 0 Å². The first-order valence-electron chi connectivity index (χ1n) is 9.56. The lowest BCUT2D eigenvalue weighted by Gasteiger charge is -2.30. The zero-order chi connectivity index (χ0) is 18.0. The van der Waals surface area contributed by atoms with Crippen molar-refractivity contribution in [2.24, 2.45) is 11.8 Å². The van der Waals surface area contributed by atoms with Crippen molar-refractivity contribution in [1.29, 1.82) is 0 Å². The molecule has 3 atom stereocenters. The number of nitrogens with zero attached hydrogens (tertiary/aromatic N) is 1. The fourth-order valence-corrected chi connectivity index (χ4v) is 2.74. The van der Waals surface area contributed by atoms with Crippen LogP contribution in [0.1, 0.15) is 93.9 Å². The van der Waals surface area contributed by atoms with E-state index in [4.69, 9.17) is 4.79 Å². The van der Waals surface area contributed by atoms with E-state index in [1.807, 2.05) is 13.8 Å². The molecule has 0 radical (unpaired) electrons. The van der Waals surface area contributed by atoms with Gasteiger partial charge in [0.1, 0.15) is 6.29 Å². The summed E-state index contributed by atoms with van der Waals surface area (Å²) >= 11 is 0. The first-order chi connectivity index (χ1) is 10.5. The van der Waals surface area contributed by atoms with Gasteiger partial charge in [-0.15, -0.1) is 0 Å². The average molecular weight is 316 g/mol. The summed E-state index contributed by atoms with van der Waals surface area (Å²) in [7, 11) is 2.32. The molecule has 22 heavy (non-hydrogen) atoms. The van der Waals surface area contributed by atoms with E-state index in [1.165, 1.54) is 52.0 Å². The molecule has 3 unspecified atom stereocenters. The molecule has 0 rings (SSSR count). The van der Waals surface area contributed by atoms with Gasteiger partial charge in [0, 0.05) is 12.6 Å². The van der Waals surface area contributed by atoms with Gasteiger partial charge in [0.25, 0.3) is 0 Å².